The molecule has 0 N–H and O–H groups in total. The number of carbonyl (C=O) groups is 2. The van der Waals surface area contributed by atoms with E-state index in [-0.39, 0.29) is 18.5 Å². The van der Waals surface area contributed by atoms with E-state index < -0.39 is 29.2 Å². The zero-order valence-electron chi connectivity index (χ0n) is 23.4. The van der Waals surface area contributed by atoms with Crippen molar-refractivity contribution in [3.8, 4) is 11.3 Å². The van der Waals surface area contributed by atoms with Crippen molar-refractivity contribution in [3.05, 3.63) is 42.2 Å². The lowest BCUT2D eigenvalue weighted by atomic mass is 9.80. The maximum Gasteiger partial charge on any atom is 0.419 e. The third-order valence-corrected chi connectivity index (χ3v) is 6.83. The molecule has 5 rings (SSSR count). The summed E-state index contributed by atoms with van der Waals surface area (Å²) in [5, 5.41) is 5.37. The summed E-state index contributed by atoms with van der Waals surface area (Å²) in [4.78, 5) is 35.7. The lowest BCUT2D eigenvalue weighted by molar-refractivity contribution is -0.00641. The van der Waals surface area contributed by atoms with Gasteiger partial charge in [0.1, 0.15) is 16.9 Å². The summed E-state index contributed by atoms with van der Waals surface area (Å²) < 4.78 is 27.3. The van der Waals surface area contributed by atoms with Crippen molar-refractivity contribution in [2.45, 2.75) is 90.4 Å². The second-order valence-electron chi connectivity index (χ2n) is 12.6. The van der Waals surface area contributed by atoms with Crippen molar-refractivity contribution in [2.75, 3.05) is 6.54 Å². The Hall–Kier alpha value is -3.56. The number of ether oxygens (including phenoxy) is 2. The molecule has 0 bridgehead atoms. The van der Waals surface area contributed by atoms with Crippen molar-refractivity contribution in [3.63, 3.8) is 0 Å². The van der Waals surface area contributed by atoms with Gasteiger partial charge in [0, 0.05) is 35.8 Å². The molecule has 10 heteroatoms. The van der Waals surface area contributed by atoms with Crippen molar-refractivity contribution in [1.29, 1.82) is 0 Å². The number of aromatic nitrogens is 4. The second-order valence-corrected chi connectivity index (χ2v) is 12.6. The number of amides is 2. The molecule has 2 saturated carbocycles. The Bertz CT molecular complexity index is 1370. The first kappa shape index (κ1) is 27.0. The Morgan fingerprint density at radius 2 is 1.69 bits per heavy atom. The predicted molar refractivity (Wildman–Crippen MR) is 144 cm³/mol. The number of imide groups is 1. The van der Waals surface area contributed by atoms with Crippen LogP contribution in [0, 0.1) is 11.7 Å². The van der Waals surface area contributed by atoms with Crippen LogP contribution in [0.5, 0.6) is 0 Å². The average Bonchev–Trinajstić information content (AvgIpc) is 3.55. The van der Waals surface area contributed by atoms with Gasteiger partial charge in [0.2, 0.25) is 0 Å². The smallest absolute Gasteiger partial charge is 0.419 e. The fourth-order valence-electron chi connectivity index (χ4n) is 4.85. The molecule has 0 spiro atoms. The van der Waals surface area contributed by atoms with E-state index in [1.54, 1.807) is 59.9 Å². The number of carbonyl (C=O) groups excluding carboxylic acids is 2. The molecule has 3 aromatic heterocycles. The molecule has 0 radical (unpaired) electrons. The van der Waals surface area contributed by atoms with Crippen LogP contribution in [-0.2, 0) is 9.47 Å². The number of halogens is 1. The number of hydrogen-bond acceptors (Lipinski definition) is 7. The van der Waals surface area contributed by atoms with Gasteiger partial charge in [-0.15, -0.1) is 0 Å². The number of rotatable bonds is 5. The fraction of sp³-hybridized carbons (Fsp3) is 0.552. The minimum atomic E-state index is -0.739. The average molecular weight is 538 g/mol. The largest absolute Gasteiger partial charge is 0.443 e. The zero-order chi connectivity index (χ0) is 28.1. The van der Waals surface area contributed by atoms with Crippen LogP contribution >= 0.6 is 0 Å². The summed E-state index contributed by atoms with van der Waals surface area (Å²) in [6.07, 6.45) is 7.06. The van der Waals surface area contributed by atoms with Crippen LogP contribution in [0.3, 0.4) is 0 Å². The van der Waals surface area contributed by atoms with Gasteiger partial charge >= 0.3 is 12.2 Å². The van der Waals surface area contributed by atoms with Gasteiger partial charge in [0.05, 0.1) is 23.4 Å². The van der Waals surface area contributed by atoms with Gasteiger partial charge in [-0.25, -0.2) is 18.9 Å². The van der Waals surface area contributed by atoms with E-state index in [1.165, 1.54) is 6.20 Å². The molecule has 0 atom stereocenters. The molecule has 0 aromatic carbocycles. The summed E-state index contributed by atoms with van der Waals surface area (Å²) in [5.41, 5.74) is 1.53. The molecule has 0 aliphatic heterocycles. The number of fused-ring (bicyclic) bond motifs is 1. The van der Waals surface area contributed by atoms with Gasteiger partial charge in [-0.05, 0) is 85.3 Å². The lowest BCUT2D eigenvalue weighted by Gasteiger charge is -2.38. The van der Waals surface area contributed by atoms with E-state index >= 15 is 0 Å². The predicted octanol–water partition coefficient (Wildman–Crippen LogP) is 6.63. The Labute approximate surface area is 227 Å². The highest BCUT2D eigenvalue weighted by molar-refractivity contribution is 5.92. The molecule has 0 unspecified atom stereocenters. The first-order valence-corrected chi connectivity index (χ1v) is 13.5. The van der Waals surface area contributed by atoms with Crippen LogP contribution in [0.15, 0.2) is 30.7 Å². The molecule has 0 saturated heterocycles. The first-order chi connectivity index (χ1) is 18.3. The Kier molecular flexibility index (Phi) is 6.84. The van der Waals surface area contributed by atoms with E-state index in [4.69, 9.17) is 14.6 Å². The highest BCUT2D eigenvalue weighted by atomic mass is 19.1. The Balaban J connectivity index is 1.34. The van der Waals surface area contributed by atoms with Crippen LogP contribution in [0.1, 0.15) is 84.9 Å². The van der Waals surface area contributed by atoms with Gasteiger partial charge < -0.3 is 9.47 Å². The molecule has 9 nitrogen and oxygen atoms in total. The quantitative estimate of drug-likeness (QED) is 0.360. The summed E-state index contributed by atoms with van der Waals surface area (Å²) in [6, 6.07) is 3.54. The number of nitrogens with zero attached hydrogens (tertiary/aromatic N) is 5. The van der Waals surface area contributed by atoms with Gasteiger partial charge in [0.15, 0.2) is 5.82 Å². The highest BCUT2D eigenvalue weighted by Gasteiger charge is 2.40. The standard InChI is InChI=1S/C29H36FN5O4/c1-28(2,3)38-26(36)34(27(37)39-29(4,5)6)15-17-12-19(13-17)35-16-21(23(33-35)18-9-10-18)25-24-20(8-7-11-31-24)22(30)14-32-25/h7-8,11,14,16-19H,9-10,12-13,15H2,1-6H3. The molecular weight excluding hydrogens is 501 g/mol. The molecule has 3 aromatic rings. The summed E-state index contributed by atoms with van der Waals surface area (Å²) >= 11 is 0. The normalized spacial score (nSPS) is 19.5. The van der Waals surface area contributed by atoms with Crippen LogP contribution in [0.2, 0.25) is 0 Å². The van der Waals surface area contributed by atoms with Crippen LogP contribution < -0.4 is 0 Å². The molecule has 3 heterocycles. The third kappa shape index (κ3) is 6.04. The van der Waals surface area contributed by atoms with E-state index in [0.29, 0.717) is 22.5 Å². The van der Waals surface area contributed by atoms with Gasteiger partial charge in [-0.2, -0.15) is 5.10 Å². The SMILES string of the molecule is CC(C)(C)OC(=O)N(CC1CC(n2cc(-c3ncc(F)c4cccnc34)c(C3CC3)n2)C1)C(=O)OC(C)(C)C. The number of hydrogen-bond donors (Lipinski definition) is 0. The topological polar surface area (TPSA) is 99.4 Å². The molecule has 208 valence electrons. The molecule has 2 fully saturated rings. The number of pyridine rings is 2. The lowest BCUT2D eigenvalue weighted by Crippen LogP contribution is -2.47. The minimum absolute atomic E-state index is 0.0819. The van der Waals surface area contributed by atoms with Crippen molar-refractivity contribution in [2.24, 2.45) is 5.92 Å². The van der Waals surface area contributed by atoms with Crippen LogP contribution in [0.4, 0.5) is 14.0 Å². The second kappa shape index (κ2) is 9.88. The van der Waals surface area contributed by atoms with Gasteiger partial charge in [-0.3, -0.25) is 14.6 Å². The minimum Gasteiger partial charge on any atom is -0.443 e. The molecular formula is C29H36FN5O4. The molecule has 2 aliphatic carbocycles. The first-order valence-electron chi connectivity index (χ1n) is 13.5. The van der Waals surface area contributed by atoms with Crippen molar-refractivity contribution < 1.29 is 23.5 Å². The summed E-state index contributed by atoms with van der Waals surface area (Å²) in [6.45, 7) is 10.8. The molecule has 2 aliphatic rings. The van der Waals surface area contributed by atoms with Crippen molar-refractivity contribution in [1.82, 2.24) is 24.6 Å². The fourth-order valence-corrected chi connectivity index (χ4v) is 4.85. The summed E-state index contributed by atoms with van der Waals surface area (Å²) in [5.74, 6) is 0.0413. The van der Waals surface area contributed by atoms with Crippen LogP contribution in [-0.4, -0.2) is 54.6 Å². The molecule has 39 heavy (non-hydrogen) atoms. The maximum absolute atomic E-state index is 14.4. The van der Waals surface area contributed by atoms with E-state index in [9.17, 15) is 14.0 Å². The van der Waals surface area contributed by atoms with Gasteiger partial charge in [-0.1, -0.05) is 0 Å². The van der Waals surface area contributed by atoms with Gasteiger partial charge in [0.25, 0.3) is 0 Å². The molecule has 2 amide bonds. The van der Waals surface area contributed by atoms with Crippen molar-refractivity contribution >= 4 is 23.1 Å². The monoisotopic (exact) mass is 537 g/mol. The zero-order valence-corrected chi connectivity index (χ0v) is 23.4. The van der Waals surface area contributed by atoms with E-state index in [0.717, 1.165) is 41.8 Å². The van der Waals surface area contributed by atoms with E-state index in [1.807, 2.05) is 10.9 Å². The van der Waals surface area contributed by atoms with E-state index in [2.05, 4.69) is 9.97 Å². The third-order valence-electron chi connectivity index (χ3n) is 6.83. The van der Waals surface area contributed by atoms with Crippen LogP contribution in [0.25, 0.3) is 22.2 Å². The summed E-state index contributed by atoms with van der Waals surface area (Å²) in [7, 11) is 0. The highest BCUT2D eigenvalue weighted by Crippen LogP contribution is 2.46. The Morgan fingerprint density at radius 3 is 2.28 bits per heavy atom. The Morgan fingerprint density at radius 1 is 1.05 bits per heavy atom. The maximum atomic E-state index is 14.4.